The number of hydrogen-bond donors (Lipinski definition) is 1. The zero-order valence-corrected chi connectivity index (χ0v) is 28.1. The smallest absolute Gasteiger partial charge is 0.217 e. The Bertz CT molecular complexity index is 1550. The Hall–Kier alpha value is -3.01. The number of carbonyl (C=O) groups is 1. The molecule has 2 aliphatic carbocycles. The van der Waals surface area contributed by atoms with Gasteiger partial charge in [0.15, 0.2) is 0 Å². The molecule has 0 spiro atoms. The molecule has 2 aromatic rings. The first kappa shape index (κ1) is 31.6. The predicted octanol–water partition coefficient (Wildman–Crippen LogP) is 4.66. The number of allylic oxidation sites excluding steroid dienone is 3. The Balaban J connectivity index is 0.982. The molecule has 246 valence electrons. The lowest BCUT2D eigenvalue weighted by molar-refractivity contribution is -0.122. The molecule has 5 aliphatic rings. The molecule has 7 rings (SSSR count). The van der Waals surface area contributed by atoms with Gasteiger partial charge >= 0.3 is 0 Å². The minimum absolute atomic E-state index is 0.113. The summed E-state index contributed by atoms with van der Waals surface area (Å²) in [5.74, 6) is 2.99. The summed E-state index contributed by atoms with van der Waals surface area (Å²) in [5, 5.41) is 3.40. The fourth-order valence-electron chi connectivity index (χ4n) is 9.91. The molecule has 4 fully saturated rings. The number of nitrogens with zero attached hydrogens (tertiary/aromatic N) is 4. The summed E-state index contributed by atoms with van der Waals surface area (Å²) in [5.41, 5.74) is 1.26. The summed E-state index contributed by atoms with van der Waals surface area (Å²) in [4.78, 5) is 24.4. The van der Waals surface area contributed by atoms with Crippen LogP contribution >= 0.6 is 0 Å². The summed E-state index contributed by atoms with van der Waals surface area (Å²) in [6, 6.07) is 10.7. The van der Waals surface area contributed by atoms with Crippen molar-refractivity contribution in [3.63, 3.8) is 0 Å². The van der Waals surface area contributed by atoms with Gasteiger partial charge in [-0.3, -0.25) is 9.78 Å². The first-order valence-electron chi connectivity index (χ1n) is 17.3. The van der Waals surface area contributed by atoms with Gasteiger partial charge in [-0.1, -0.05) is 30.7 Å². The van der Waals surface area contributed by atoms with Crippen molar-refractivity contribution in [1.29, 1.82) is 0 Å². The normalized spacial score (nSPS) is 31.0. The molecule has 46 heavy (non-hydrogen) atoms. The quantitative estimate of drug-likeness (QED) is 0.448. The lowest BCUT2D eigenvalue weighted by Gasteiger charge is -2.60. The van der Waals surface area contributed by atoms with Gasteiger partial charge in [0.25, 0.3) is 0 Å². The first-order chi connectivity index (χ1) is 22.2. The Morgan fingerprint density at radius 3 is 2.35 bits per heavy atom. The Labute approximate surface area is 274 Å². The highest BCUT2D eigenvalue weighted by Gasteiger charge is 2.57. The number of sulfone groups is 1. The zero-order chi connectivity index (χ0) is 31.9. The van der Waals surface area contributed by atoms with E-state index < -0.39 is 9.84 Å². The van der Waals surface area contributed by atoms with Gasteiger partial charge in [0.2, 0.25) is 15.7 Å². The summed E-state index contributed by atoms with van der Waals surface area (Å²) in [7, 11) is -1.22. The van der Waals surface area contributed by atoms with Gasteiger partial charge in [-0.2, -0.15) is 0 Å². The number of benzene rings is 1. The molecule has 1 amide bonds. The molecular formula is C37H49N5O3S. The highest BCUT2D eigenvalue weighted by atomic mass is 32.2. The second kappa shape index (κ2) is 12.9. The molecule has 3 unspecified atom stereocenters. The van der Waals surface area contributed by atoms with Crippen LogP contribution in [-0.4, -0.2) is 88.0 Å². The maximum Gasteiger partial charge on any atom is 0.217 e. The summed E-state index contributed by atoms with van der Waals surface area (Å²) in [6.45, 7) is 9.34. The van der Waals surface area contributed by atoms with Gasteiger partial charge in [-0.15, -0.1) is 0 Å². The fourth-order valence-corrected chi connectivity index (χ4v) is 11.2. The maximum absolute atomic E-state index is 13.0. The van der Waals surface area contributed by atoms with Crippen LogP contribution in [0.4, 0.5) is 5.69 Å². The van der Waals surface area contributed by atoms with Crippen LogP contribution in [-0.2, 0) is 14.6 Å². The molecule has 1 saturated carbocycles. The molecule has 1 aromatic carbocycles. The SMILES string of the molecule is CC(=O)N[C@@H]1CCC[C@H]1C1(C2CCN(CC3CN(c4ccc(S(=O)(=O)c5ccncc5)cc4)C3)CC2)CN(C)CC2C=CC=CC21. The lowest BCUT2D eigenvalue weighted by Crippen LogP contribution is -2.62. The van der Waals surface area contributed by atoms with E-state index in [-0.39, 0.29) is 22.3 Å². The highest BCUT2D eigenvalue weighted by Crippen LogP contribution is 2.58. The van der Waals surface area contributed by atoms with E-state index in [4.69, 9.17) is 0 Å². The third kappa shape index (κ3) is 5.95. The number of nitrogens with one attached hydrogen (secondary N) is 1. The number of anilines is 1. The van der Waals surface area contributed by atoms with E-state index in [1.165, 1.54) is 50.2 Å². The third-order valence-corrected chi connectivity index (χ3v) is 13.6. The Kier molecular flexibility index (Phi) is 8.85. The Morgan fingerprint density at radius 1 is 0.935 bits per heavy atom. The van der Waals surface area contributed by atoms with E-state index in [2.05, 4.69) is 56.4 Å². The van der Waals surface area contributed by atoms with Crippen molar-refractivity contribution < 1.29 is 13.2 Å². The second-order valence-corrected chi connectivity index (χ2v) is 16.6. The first-order valence-corrected chi connectivity index (χ1v) is 18.8. The van der Waals surface area contributed by atoms with Crippen molar-refractivity contribution >= 4 is 21.4 Å². The van der Waals surface area contributed by atoms with E-state index in [1.807, 2.05) is 12.1 Å². The van der Waals surface area contributed by atoms with Crippen LogP contribution in [0.2, 0.25) is 0 Å². The van der Waals surface area contributed by atoms with E-state index in [0.29, 0.717) is 34.5 Å². The van der Waals surface area contributed by atoms with Crippen molar-refractivity contribution in [3.05, 3.63) is 73.1 Å². The molecule has 3 aliphatic heterocycles. The zero-order valence-electron chi connectivity index (χ0n) is 27.3. The van der Waals surface area contributed by atoms with Crippen molar-refractivity contribution in [2.75, 3.05) is 57.8 Å². The molecule has 3 saturated heterocycles. The number of likely N-dealkylation sites (tertiary alicyclic amines) is 2. The number of carbonyl (C=O) groups excluding carboxylic acids is 1. The van der Waals surface area contributed by atoms with Crippen LogP contribution < -0.4 is 10.2 Å². The molecular weight excluding hydrogens is 595 g/mol. The molecule has 0 bridgehead atoms. The van der Waals surface area contributed by atoms with Crippen molar-refractivity contribution in [3.8, 4) is 0 Å². The maximum atomic E-state index is 13.0. The number of amides is 1. The van der Waals surface area contributed by atoms with Crippen LogP contribution in [0.25, 0.3) is 0 Å². The molecule has 9 heteroatoms. The topological polar surface area (TPSA) is 85.8 Å². The number of piperidine rings is 2. The standard InChI is InChI=1S/C37H49N5O3S/c1-27(43)39-36-9-5-8-35(36)37(26-40(2)25-29-6-3-4-7-34(29)37)30-16-20-41(21-17-30)22-28-23-42(24-28)31-10-12-32(13-11-31)46(44,45)33-14-18-38-19-15-33/h3-4,6-7,10-15,18-19,28-30,34-36H,5,8-9,16-17,20-26H2,1-2H3,(H,39,43)/t29?,34?,35-,36-,37?/m1/s1. The van der Waals surface area contributed by atoms with E-state index in [0.717, 1.165) is 57.9 Å². The minimum atomic E-state index is -3.53. The number of hydrogen-bond acceptors (Lipinski definition) is 7. The fraction of sp³-hybridized carbons (Fsp3) is 0.568. The van der Waals surface area contributed by atoms with Gasteiger partial charge in [-0.05, 0) is 111 Å². The molecule has 0 radical (unpaired) electrons. The van der Waals surface area contributed by atoms with E-state index >= 15 is 0 Å². The molecule has 1 aromatic heterocycles. The van der Waals surface area contributed by atoms with Crippen LogP contribution in [0.15, 0.2) is 82.9 Å². The van der Waals surface area contributed by atoms with Crippen molar-refractivity contribution in [2.45, 2.75) is 54.9 Å². The van der Waals surface area contributed by atoms with E-state index in [1.54, 1.807) is 19.1 Å². The molecule has 8 nitrogen and oxygen atoms in total. The van der Waals surface area contributed by atoms with Gasteiger partial charge in [0.05, 0.1) is 9.79 Å². The number of pyridine rings is 1. The average molecular weight is 644 g/mol. The summed E-state index contributed by atoms with van der Waals surface area (Å²) >= 11 is 0. The Morgan fingerprint density at radius 2 is 1.63 bits per heavy atom. The highest BCUT2D eigenvalue weighted by molar-refractivity contribution is 7.91. The van der Waals surface area contributed by atoms with Crippen LogP contribution in [0.5, 0.6) is 0 Å². The molecule has 1 N–H and O–H groups in total. The number of fused-ring (bicyclic) bond motifs is 1. The van der Waals surface area contributed by atoms with Gasteiger partial charge in [-0.25, -0.2) is 8.42 Å². The van der Waals surface area contributed by atoms with Crippen LogP contribution in [0.3, 0.4) is 0 Å². The average Bonchev–Trinajstić information content (AvgIpc) is 3.51. The van der Waals surface area contributed by atoms with E-state index in [9.17, 15) is 13.2 Å². The van der Waals surface area contributed by atoms with Gasteiger partial charge in [0.1, 0.15) is 0 Å². The van der Waals surface area contributed by atoms with Crippen LogP contribution in [0.1, 0.15) is 39.0 Å². The number of rotatable bonds is 8. The predicted molar refractivity (Wildman–Crippen MR) is 181 cm³/mol. The molecule has 4 heterocycles. The lowest BCUT2D eigenvalue weighted by atomic mass is 9.51. The van der Waals surface area contributed by atoms with Crippen molar-refractivity contribution in [1.82, 2.24) is 20.1 Å². The van der Waals surface area contributed by atoms with Crippen molar-refractivity contribution in [2.24, 2.45) is 35.0 Å². The summed E-state index contributed by atoms with van der Waals surface area (Å²) < 4.78 is 25.9. The minimum Gasteiger partial charge on any atom is -0.371 e. The monoisotopic (exact) mass is 643 g/mol. The van der Waals surface area contributed by atoms with Crippen LogP contribution in [0, 0.1) is 35.0 Å². The van der Waals surface area contributed by atoms with Gasteiger partial charge < -0.3 is 20.0 Å². The number of aromatic nitrogens is 1. The third-order valence-electron chi connectivity index (χ3n) is 11.8. The second-order valence-electron chi connectivity index (χ2n) is 14.6. The van der Waals surface area contributed by atoms with Gasteiger partial charge in [0, 0.05) is 69.7 Å². The largest absolute Gasteiger partial charge is 0.371 e. The molecule has 5 atom stereocenters. The summed E-state index contributed by atoms with van der Waals surface area (Å²) in [6.07, 6.45) is 18.5.